The van der Waals surface area contributed by atoms with Gasteiger partial charge in [-0.25, -0.2) is 4.79 Å². The Labute approximate surface area is 149 Å². The van der Waals surface area contributed by atoms with E-state index >= 15 is 0 Å². The van der Waals surface area contributed by atoms with E-state index in [1.807, 2.05) is 0 Å². The largest absolute Gasteiger partial charge is 0.465 e. The molecule has 2 atom stereocenters. The van der Waals surface area contributed by atoms with Gasteiger partial charge in [-0.2, -0.15) is 0 Å². The van der Waals surface area contributed by atoms with Gasteiger partial charge in [-0.3, -0.25) is 4.79 Å². The van der Waals surface area contributed by atoms with Crippen LogP contribution in [-0.2, 0) is 23.8 Å². The highest BCUT2D eigenvalue weighted by atomic mass is 16.6. The molecule has 2 unspecified atom stereocenters. The summed E-state index contributed by atoms with van der Waals surface area (Å²) in [7, 11) is 0. The van der Waals surface area contributed by atoms with Gasteiger partial charge in [0, 0.05) is 0 Å². The summed E-state index contributed by atoms with van der Waals surface area (Å²) in [5.41, 5.74) is -1.43. The second kappa shape index (κ2) is 12.2. The lowest BCUT2D eigenvalue weighted by Gasteiger charge is -2.40. The van der Waals surface area contributed by atoms with Crippen LogP contribution >= 0.6 is 0 Å². The number of aliphatic hydroxyl groups excluding tert-OH is 2. The SMILES string of the molecule is CCCCCCOC(=O)C1CCCCC1(OCCO)C(=O)OCCO. The molecule has 1 aliphatic rings. The summed E-state index contributed by atoms with van der Waals surface area (Å²) >= 11 is 0. The summed E-state index contributed by atoms with van der Waals surface area (Å²) in [4.78, 5) is 25.1. The zero-order valence-corrected chi connectivity index (χ0v) is 15.2. The van der Waals surface area contributed by atoms with Crippen molar-refractivity contribution in [3.63, 3.8) is 0 Å². The van der Waals surface area contributed by atoms with E-state index in [4.69, 9.17) is 24.4 Å². The third-order valence-corrected chi connectivity index (χ3v) is 4.50. The van der Waals surface area contributed by atoms with Gasteiger partial charge >= 0.3 is 11.9 Å². The molecule has 0 aromatic heterocycles. The van der Waals surface area contributed by atoms with E-state index in [9.17, 15) is 9.59 Å². The minimum absolute atomic E-state index is 0.0610. The van der Waals surface area contributed by atoms with Gasteiger partial charge in [-0.05, 0) is 25.7 Å². The van der Waals surface area contributed by atoms with Gasteiger partial charge in [0.1, 0.15) is 6.61 Å². The van der Waals surface area contributed by atoms with Gasteiger partial charge in [0.15, 0.2) is 5.60 Å². The lowest BCUT2D eigenvalue weighted by atomic mass is 9.75. The van der Waals surface area contributed by atoms with E-state index in [-0.39, 0.29) is 26.4 Å². The third-order valence-electron chi connectivity index (χ3n) is 4.50. The first-order valence-electron chi connectivity index (χ1n) is 9.32. The molecule has 0 saturated heterocycles. The fourth-order valence-corrected chi connectivity index (χ4v) is 3.22. The first-order chi connectivity index (χ1) is 12.1. The van der Waals surface area contributed by atoms with Crippen molar-refractivity contribution < 1.29 is 34.0 Å². The van der Waals surface area contributed by atoms with Crippen LogP contribution in [0.15, 0.2) is 0 Å². The molecule has 0 aliphatic heterocycles. The molecule has 0 aromatic rings. The highest BCUT2D eigenvalue weighted by molar-refractivity contribution is 5.88. The van der Waals surface area contributed by atoms with Crippen LogP contribution in [0.5, 0.6) is 0 Å². The summed E-state index contributed by atoms with van der Waals surface area (Å²) < 4.78 is 16.1. The fraction of sp³-hybridized carbons (Fsp3) is 0.889. The Morgan fingerprint density at radius 1 is 1.00 bits per heavy atom. The highest BCUT2D eigenvalue weighted by Crippen LogP contribution is 2.39. The van der Waals surface area contributed by atoms with Crippen LogP contribution < -0.4 is 0 Å². The number of aliphatic hydroxyl groups is 2. The van der Waals surface area contributed by atoms with Crippen molar-refractivity contribution in [3.05, 3.63) is 0 Å². The number of hydrogen-bond acceptors (Lipinski definition) is 7. The lowest BCUT2D eigenvalue weighted by molar-refractivity contribution is -0.198. The van der Waals surface area contributed by atoms with Gasteiger partial charge in [-0.1, -0.05) is 32.6 Å². The van der Waals surface area contributed by atoms with E-state index in [0.717, 1.165) is 38.5 Å². The highest BCUT2D eigenvalue weighted by Gasteiger charge is 2.53. The number of ether oxygens (including phenoxy) is 3. The smallest absolute Gasteiger partial charge is 0.339 e. The normalized spacial score (nSPS) is 23.2. The maximum Gasteiger partial charge on any atom is 0.339 e. The quantitative estimate of drug-likeness (QED) is 0.402. The first kappa shape index (κ1) is 21.9. The molecule has 0 heterocycles. The Hall–Kier alpha value is -1.18. The Bertz CT molecular complexity index is 399. The molecule has 0 radical (unpaired) electrons. The lowest BCUT2D eigenvalue weighted by Crippen LogP contribution is -2.55. The number of carbonyl (C=O) groups is 2. The van der Waals surface area contributed by atoms with Gasteiger partial charge in [0.25, 0.3) is 0 Å². The van der Waals surface area contributed by atoms with Crippen LogP contribution in [0, 0.1) is 5.92 Å². The zero-order chi connectivity index (χ0) is 18.5. The second-order valence-electron chi connectivity index (χ2n) is 6.35. The summed E-state index contributed by atoms with van der Waals surface area (Å²) in [6, 6.07) is 0. The monoisotopic (exact) mass is 360 g/mol. The first-order valence-corrected chi connectivity index (χ1v) is 9.32. The average Bonchev–Trinajstić information content (AvgIpc) is 2.64. The minimum Gasteiger partial charge on any atom is -0.465 e. The maximum absolute atomic E-state index is 12.6. The summed E-state index contributed by atoms with van der Waals surface area (Å²) in [6.45, 7) is 1.68. The van der Waals surface area contributed by atoms with Crippen molar-refractivity contribution in [1.29, 1.82) is 0 Å². The van der Waals surface area contributed by atoms with Crippen molar-refractivity contribution in [1.82, 2.24) is 0 Å². The van der Waals surface area contributed by atoms with Crippen LogP contribution in [0.4, 0.5) is 0 Å². The molecule has 2 N–H and O–H groups in total. The Kier molecular flexibility index (Phi) is 10.7. The van der Waals surface area contributed by atoms with E-state index in [1.165, 1.54) is 0 Å². The van der Waals surface area contributed by atoms with Crippen molar-refractivity contribution in [2.75, 3.05) is 33.0 Å². The standard InChI is InChI=1S/C18H32O7/c1-2-3-4-7-12-23-16(21)15-8-5-6-9-18(15,25-14-11-20)17(22)24-13-10-19/h15,19-20H,2-14H2,1H3. The molecular formula is C18H32O7. The minimum atomic E-state index is -1.43. The molecule has 1 rings (SSSR count). The van der Waals surface area contributed by atoms with Crippen molar-refractivity contribution >= 4 is 11.9 Å². The Balaban J connectivity index is 2.78. The summed E-state index contributed by atoms with van der Waals surface area (Å²) in [5, 5.41) is 18.0. The molecular weight excluding hydrogens is 328 g/mol. The van der Waals surface area contributed by atoms with Gasteiger partial charge < -0.3 is 24.4 Å². The molecule has 0 bridgehead atoms. The van der Waals surface area contributed by atoms with Crippen LogP contribution in [-0.4, -0.2) is 60.8 Å². The molecule has 1 aliphatic carbocycles. The number of esters is 2. The summed E-state index contributed by atoms with van der Waals surface area (Å²) in [5.74, 6) is -1.86. The molecule has 7 heteroatoms. The van der Waals surface area contributed by atoms with E-state index in [2.05, 4.69) is 6.92 Å². The molecule has 0 spiro atoms. The van der Waals surface area contributed by atoms with Crippen molar-refractivity contribution in [2.24, 2.45) is 5.92 Å². The number of rotatable bonds is 12. The van der Waals surface area contributed by atoms with Gasteiger partial charge in [0.2, 0.25) is 0 Å². The second-order valence-corrected chi connectivity index (χ2v) is 6.35. The van der Waals surface area contributed by atoms with E-state index in [1.54, 1.807) is 0 Å². The van der Waals surface area contributed by atoms with Crippen molar-refractivity contribution in [2.45, 2.75) is 63.9 Å². The molecule has 1 fully saturated rings. The van der Waals surface area contributed by atoms with Crippen LogP contribution in [0.25, 0.3) is 0 Å². The maximum atomic E-state index is 12.6. The van der Waals surface area contributed by atoms with E-state index < -0.39 is 23.5 Å². The number of unbranched alkanes of at least 4 members (excludes halogenated alkanes) is 3. The Morgan fingerprint density at radius 2 is 1.76 bits per heavy atom. The van der Waals surface area contributed by atoms with Gasteiger partial charge in [-0.15, -0.1) is 0 Å². The van der Waals surface area contributed by atoms with Crippen LogP contribution in [0.1, 0.15) is 58.3 Å². The molecule has 25 heavy (non-hydrogen) atoms. The topological polar surface area (TPSA) is 102 Å². The molecule has 0 aromatic carbocycles. The average molecular weight is 360 g/mol. The predicted octanol–water partition coefficient (Wildman–Crippen LogP) is 1.58. The summed E-state index contributed by atoms with van der Waals surface area (Å²) in [6.07, 6.45) is 6.33. The van der Waals surface area contributed by atoms with Gasteiger partial charge in [0.05, 0.1) is 32.3 Å². The van der Waals surface area contributed by atoms with Crippen molar-refractivity contribution in [3.8, 4) is 0 Å². The molecule has 7 nitrogen and oxygen atoms in total. The van der Waals surface area contributed by atoms with Crippen LogP contribution in [0.3, 0.4) is 0 Å². The predicted molar refractivity (Wildman–Crippen MR) is 90.9 cm³/mol. The fourth-order valence-electron chi connectivity index (χ4n) is 3.22. The number of hydrogen-bond donors (Lipinski definition) is 2. The molecule has 146 valence electrons. The molecule has 0 amide bonds. The van der Waals surface area contributed by atoms with Crippen LogP contribution in [0.2, 0.25) is 0 Å². The number of carbonyl (C=O) groups excluding carboxylic acids is 2. The third kappa shape index (κ3) is 6.56. The Morgan fingerprint density at radius 3 is 2.44 bits per heavy atom. The molecule has 1 saturated carbocycles. The zero-order valence-electron chi connectivity index (χ0n) is 15.2. The van der Waals surface area contributed by atoms with E-state index in [0.29, 0.717) is 19.4 Å².